The molecule has 5 rings (SSSR count). The van der Waals surface area contributed by atoms with Crippen LogP contribution in [0.15, 0.2) is 133 Å². The maximum atomic E-state index is 3.60. The lowest BCUT2D eigenvalue weighted by Crippen LogP contribution is -1.92. The molecule has 1 nitrogen and oxygen atoms in total. The van der Waals surface area contributed by atoms with Gasteiger partial charge in [-0.05, 0) is 63.7 Å². The first kappa shape index (κ1) is 18.9. The molecule has 0 radical (unpaired) electrons. The highest BCUT2D eigenvalue weighted by Gasteiger charge is 2.06. The molecule has 0 saturated carbocycles. The highest BCUT2D eigenvalue weighted by molar-refractivity contribution is 5.80. The summed E-state index contributed by atoms with van der Waals surface area (Å²) in [6, 6.07) is 46.8. The molecule has 0 amide bonds. The molecule has 1 N–H and O–H groups in total. The summed E-state index contributed by atoms with van der Waals surface area (Å²) in [4.78, 5) is 0. The predicted molar refractivity (Wildman–Crippen MR) is 132 cm³/mol. The minimum absolute atomic E-state index is 1.07. The first-order chi connectivity index (χ1) is 15.3. The van der Waals surface area contributed by atoms with Crippen LogP contribution < -0.4 is 5.32 Å². The van der Waals surface area contributed by atoms with Crippen molar-refractivity contribution >= 4 is 11.4 Å². The molecule has 0 aromatic heterocycles. The minimum Gasteiger partial charge on any atom is -0.355 e. The summed E-state index contributed by atoms with van der Waals surface area (Å²) in [5.41, 5.74) is 9.42. The second-order valence-corrected chi connectivity index (χ2v) is 7.60. The van der Waals surface area contributed by atoms with Gasteiger partial charge in [0.25, 0.3) is 0 Å². The molecule has 148 valence electrons. The number of rotatable bonds is 5. The van der Waals surface area contributed by atoms with Crippen molar-refractivity contribution in [3.8, 4) is 33.4 Å². The minimum atomic E-state index is 1.07. The normalized spacial score (nSPS) is 10.6. The van der Waals surface area contributed by atoms with E-state index in [2.05, 4.69) is 133 Å². The molecule has 0 atom stereocenters. The molecule has 0 fully saturated rings. The van der Waals surface area contributed by atoms with E-state index in [-0.39, 0.29) is 0 Å². The molecule has 0 unspecified atom stereocenters. The van der Waals surface area contributed by atoms with E-state index in [1.54, 1.807) is 0 Å². The quantitative estimate of drug-likeness (QED) is 0.314. The molecule has 0 aliphatic carbocycles. The molecule has 0 aliphatic rings. The standard InChI is InChI=1S/C30H23N/c1-4-10-23(11-5-1)26-16-18-29(19-17-26)31-30-21-27(24-12-6-2-7-13-24)20-28(22-30)25-14-8-3-9-15-25/h1-22,31H. The molecule has 0 bridgehead atoms. The Bertz CT molecular complexity index is 1200. The SMILES string of the molecule is c1ccc(-c2ccc(Nc3cc(-c4ccccc4)cc(-c4ccccc4)c3)cc2)cc1. The first-order valence-corrected chi connectivity index (χ1v) is 10.5. The highest BCUT2D eigenvalue weighted by Crippen LogP contribution is 2.32. The maximum Gasteiger partial charge on any atom is 0.0396 e. The van der Waals surface area contributed by atoms with Crippen molar-refractivity contribution in [2.45, 2.75) is 0 Å². The summed E-state index contributed by atoms with van der Waals surface area (Å²) in [5, 5.41) is 3.60. The lowest BCUT2D eigenvalue weighted by atomic mass is 9.98. The molecule has 0 heterocycles. The fourth-order valence-electron chi connectivity index (χ4n) is 3.84. The zero-order chi connectivity index (χ0) is 20.9. The maximum absolute atomic E-state index is 3.60. The van der Waals surface area contributed by atoms with Gasteiger partial charge >= 0.3 is 0 Å². The molecular weight excluding hydrogens is 374 g/mol. The number of anilines is 2. The molecule has 0 aliphatic heterocycles. The van der Waals surface area contributed by atoms with Crippen LogP contribution in [0.25, 0.3) is 33.4 Å². The van der Waals surface area contributed by atoms with E-state index in [1.807, 2.05) is 6.07 Å². The van der Waals surface area contributed by atoms with Crippen molar-refractivity contribution in [2.75, 3.05) is 5.32 Å². The third-order valence-electron chi connectivity index (χ3n) is 5.43. The number of hydrogen-bond acceptors (Lipinski definition) is 1. The predicted octanol–water partition coefficient (Wildman–Crippen LogP) is 8.43. The number of benzene rings is 5. The molecule has 5 aromatic carbocycles. The summed E-state index contributed by atoms with van der Waals surface area (Å²) in [6.07, 6.45) is 0. The lowest BCUT2D eigenvalue weighted by Gasteiger charge is -2.13. The molecule has 0 spiro atoms. The van der Waals surface area contributed by atoms with E-state index in [0.717, 1.165) is 11.4 Å². The Morgan fingerprint density at radius 3 is 1.13 bits per heavy atom. The topological polar surface area (TPSA) is 12.0 Å². The van der Waals surface area contributed by atoms with Crippen LogP contribution in [0.2, 0.25) is 0 Å². The number of nitrogens with one attached hydrogen (secondary N) is 1. The van der Waals surface area contributed by atoms with Gasteiger partial charge in [-0.15, -0.1) is 0 Å². The Labute approximate surface area is 183 Å². The highest BCUT2D eigenvalue weighted by atomic mass is 14.9. The average Bonchev–Trinajstić information content (AvgIpc) is 2.86. The van der Waals surface area contributed by atoms with Crippen LogP contribution in [0, 0.1) is 0 Å². The van der Waals surface area contributed by atoms with E-state index in [9.17, 15) is 0 Å². The van der Waals surface area contributed by atoms with E-state index < -0.39 is 0 Å². The van der Waals surface area contributed by atoms with Crippen molar-refractivity contribution in [1.29, 1.82) is 0 Å². The van der Waals surface area contributed by atoms with Gasteiger partial charge in [0.15, 0.2) is 0 Å². The van der Waals surface area contributed by atoms with Crippen molar-refractivity contribution in [3.05, 3.63) is 133 Å². The van der Waals surface area contributed by atoms with Gasteiger partial charge in [0.05, 0.1) is 0 Å². The van der Waals surface area contributed by atoms with Crippen molar-refractivity contribution in [1.82, 2.24) is 0 Å². The van der Waals surface area contributed by atoms with Crippen LogP contribution in [-0.2, 0) is 0 Å². The van der Waals surface area contributed by atoms with Crippen LogP contribution in [0.5, 0.6) is 0 Å². The van der Waals surface area contributed by atoms with E-state index in [4.69, 9.17) is 0 Å². The second kappa shape index (κ2) is 8.73. The van der Waals surface area contributed by atoms with Crippen LogP contribution in [0.4, 0.5) is 11.4 Å². The van der Waals surface area contributed by atoms with Gasteiger partial charge in [0.2, 0.25) is 0 Å². The van der Waals surface area contributed by atoms with E-state index >= 15 is 0 Å². The fourth-order valence-corrected chi connectivity index (χ4v) is 3.84. The summed E-state index contributed by atoms with van der Waals surface area (Å²) in [7, 11) is 0. The van der Waals surface area contributed by atoms with Gasteiger partial charge in [-0.1, -0.05) is 103 Å². The fraction of sp³-hybridized carbons (Fsp3) is 0. The van der Waals surface area contributed by atoms with Gasteiger partial charge in [-0.3, -0.25) is 0 Å². The summed E-state index contributed by atoms with van der Waals surface area (Å²) in [5.74, 6) is 0. The molecule has 0 saturated heterocycles. The Morgan fingerprint density at radius 1 is 0.290 bits per heavy atom. The van der Waals surface area contributed by atoms with Crippen LogP contribution in [0.3, 0.4) is 0 Å². The average molecular weight is 398 g/mol. The molecule has 1 heteroatoms. The summed E-state index contributed by atoms with van der Waals surface area (Å²) in [6.45, 7) is 0. The largest absolute Gasteiger partial charge is 0.355 e. The van der Waals surface area contributed by atoms with Crippen LogP contribution in [-0.4, -0.2) is 0 Å². The van der Waals surface area contributed by atoms with Crippen molar-refractivity contribution < 1.29 is 0 Å². The first-order valence-electron chi connectivity index (χ1n) is 10.5. The smallest absolute Gasteiger partial charge is 0.0396 e. The van der Waals surface area contributed by atoms with Crippen molar-refractivity contribution in [3.63, 3.8) is 0 Å². The Balaban J connectivity index is 1.49. The van der Waals surface area contributed by atoms with Gasteiger partial charge < -0.3 is 5.32 Å². The summed E-state index contributed by atoms with van der Waals surface area (Å²) < 4.78 is 0. The van der Waals surface area contributed by atoms with Crippen LogP contribution >= 0.6 is 0 Å². The van der Waals surface area contributed by atoms with Crippen molar-refractivity contribution in [2.24, 2.45) is 0 Å². The molecular formula is C30H23N. The lowest BCUT2D eigenvalue weighted by molar-refractivity contribution is 1.52. The van der Waals surface area contributed by atoms with E-state index in [0.29, 0.717) is 0 Å². The third-order valence-corrected chi connectivity index (χ3v) is 5.43. The zero-order valence-electron chi connectivity index (χ0n) is 17.2. The molecule has 5 aromatic rings. The monoisotopic (exact) mass is 397 g/mol. The third kappa shape index (κ3) is 4.41. The number of hydrogen-bond donors (Lipinski definition) is 1. The zero-order valence-corrected chi connectivity index (χ0v) is 17.2. The summed E-state index contributed by atoms with van der Waals surface area (Å²) >= 11 is 0. The van der Waals surface area contributed by atoms with Gasteiger partial charge in [0, 0.05) is 11.4 Å². The Hall–Kier alpha value is -4.10. The van der Waals surface area contributed by atoms with E-state index in [1.165, 1.54) is 33.4 Å². The van der Waals surface area contributed by atoms with Crippen LogP contribution in [0.1, 0.15) is 0 Å². The Kier molecular flexibility index (Phi) is 5.32. The molecule has 31 heavy (non-hydrogen) atoms. The van der Waals surface area contributed by atoms with Gasteiger partial charge in [-0.2, -0.15) is 0 Å². The van der Waals surface area contributed by atoms with Gasteiger partial charge in [0.1, 0.15) is 0 Å². The second-order valence-electron chi connectivity index (χ2n) is 7.60. The Morgan fingerprint density at radius 2 is 0.677 bits per heavy atom. The van der Waals surface area contributed by atoms with Gasteiger partial charge in [-0.25, -0.2) is 0 Å².